The molecule has 0 N–H and O–H groups in total. The maximum absolute atomic E-state index is 13.3. The van der Waals surface area contributed by atoms with Crippen LogP contribution in [0.1, 0.15) is 18.1 Å². The standard InChI is InChI=1S/C28H23N3O2S2/c1-2-33-24-15-13-21(14-16-24)26-22(19-31(29-26)23-11-7-4-8-12-23)17-25-27(32)30(28(34)35-25)18-20-9-5-3-6-10-20/h3-17,19H,2,18H2,1H3/b25-17+. The Labute approximate surface area is 214 Å². The quantitative estimate of drug-likeness (QED) is 0.220. The number of thioether (sulfide) groups is 1. The molecule has 0 saturated carbocycles. The van der Waals surface area contributed by atoms with Crippen LogP contribution in [0.4, 0.5) is 0 Å². The topological polar surface area (TPSA) is 47.4 Å². The fourth-order valence-electron chi connectivity index (χ4n) is 3.85. The van der Waals surface area contributed by atoms with Crippen LogP contribution in [0.15, 0.2) is 96.0 Å². The summed E-state index contributed by atoms with van der Waals surface area (Å²) in [7, 11) is 0. The van der Waals surface area contributed by atoms with E-state index in [2.05, 4.69) is 0 Å². The summed E-state index contributed by atoms with van der Waals surface area (Å²) in [6.45, 7) is 3.03. The molecule has 0 unspecified atom stereocenters. The van der Waals surface area contributed by atoms with Crippen molar-refractivity contribution < 1.29 is 9.53 Å². The molecule has 0 bridgehead atoms. The van der Waals surface area contributed by atoms with Crippen LogP contribution in [0.25, 0.3) is 23.0 Å². The lowest BCUT2D eigenvalue weighted by Gasteiger charge is -2.14. The van der Waals surface area contributed by atoms with E-state index in [1.54, 1.807) is 4.90 Å². The van der Waals surface area contributed by atoms with Crippen LogP contribution in [0, 0.1) is 0 Å². The Morgan fingerprint density at radius 3 is 2.34 bits per heavy atom. The maximum atomic E-state index is 13.3. The number of nitrogens with zero attached hydrogens (tertiary/aromatic N) is 3. The van der Waals surface area contributed by atoms with Crippen LogP contribution in [-0.4, -0.2) is 31.5 Å². The molecular formula is C28H23N3O2S2. The van der Waals surface area contributed by atoms with E-state index in [0.717, 1.165) is 33.8 Å². The zero-order valence-electron chi connectivity index (χ0n) is 19.1. The average Bonchev–Trinajstić information content (AvgIpc) is 3.42. The van der Waals surface area contributed by atoms with Crippen LogP contribution in [0.2, 0.25) is 0 Å². The monoisotopic (exact) mass is 497 g/mol. The lowest BCUT2D eigenvalue weighted by atomic mass is 10.1. The number of amides is 1. The Balaban J connectivity index is 1.51. The average molecular weight is 498 g/mol. The predicted octanol–water partition coefficient (Wildman–Crippen LogP) is 6.34. The lowest BCUT2D eigenvalue weighted by molar-refractivity contribution is -0.122. The number of thiocarbonyl (C=S) groups is 1. The number of hydrogen-bond donors (Lipinski definition) is 0. The highest BCUT2D eigenvalue weighted by Gasteiger charge is 2.32. The third kappa shape index (κ3) is 5.06. The van der Waals surface area contributed by atoms with E-state index < -0.39 is 0 Å². The van der Waals surface area contributed by atoms with Gasteiger partial charge in [0.05, 0.1) is 29.4 Å². The van der Waals surface area contributed by atoms with Gasteiger partial charge in [0.2, 0.25) is 0 Å². The minimum absolute atomic E-state index is 0.0889. The number of rotatable bonds is 7. The second-order valence-corrected chi connectivity index (χ2v) is 9.60. The molecule has 35 heavy (non-hydrogen) atoms. The lowest BCUT2D eigenvalue weighted by Crippen LogP contribution is -2.27. The molecule has 1 aliphatic rings. The third-order valence-corrected chi connectivity index (χ3v) is 6.92. The summed E-state index contributed by atoms with van der Waals surface area (Å²) < 4.78 is 7.98. The number of para-hydroxylation sites is 1. The number of carbonyl (C=O) groups excluding carboxylic acids is 1. The summed E-state index contributed by atoms with van der Waals surface area (Å²) in [6.07, 6.45) is 3.84. The fourth-order valence-corrected chi connectivity index (χ4v) is 5.10. The first-order chi connectivity index (χ1) is 17.1. The SMILES string of the molecule is CCOc1ccc(-c2nn(-c3ccccc3)cc2/C=C2/SC(=S)N(Cc3ccccc3)C2=O)cc1. The molecule has 5 rings (SSSR count). The summed E-state index contributed by atoms with van der Waals surface area (Å²) in [5.41, 5.74) is 4.55. The largest absolute Gasteiger partial charge is 0.494 e. The van der Waals surface area contributed by atoms with Gasteiger partial charge in [-0.1, -0.05) is 72.5 Å². The van der Waals surface area contributed by atoms with Crippen molar-refractivity contribution in [2.24, 2.45) is 0 Å². The second kappa shape index (κ2) is 10.3. The molecule has 1 aliphatic heterocycles. The zero-order valence-corrected chi connectivity index (χ0v) is 20.8. The van der Waals surface area contributed by atoms with Gasteiger partial charge >= 0.3 is 0 Å². The van der Waals surface area contributed by atoms with Gasteiger partial charge in [0, 0.05) is 17.3 Å². The van der Waals surface area contributed by atoms with Gasteiger partial charge in [-0.15, -0.1) is 0 Å². The molecule has 7 heteroatoms. The Morgan fingerprint density at radius 1 is 0.971 bits per heavy atom. The minimum Gasteiger partial charge on any atom is -0.494 e. The molecule has 0 radical (unpaired) electrons. The molecule has 5 nitrogen and oxygen atoms in total. The molecule has 2 heterocycles. The van der Waals surface area contributed by atoms with Crippen LogP contribution < -0.4 is 4.74 Å². The van der Waals surface area contributed by atoms with Crippen molar-refractivity contribution >= 4 is 40.3 Å². The number of benzene rings is 3. The highest BCUT2D eigenvalue weighted by Crippen LogP contribution is 2.36. The van der Waals surface area contributed by atoms with Crippen molar-refractivity contribution in [3.63, 3.8) is 0 Å². The molecule has 1 amide bonds. The number of aromatic nitrogens is 2. The van der Waals surface area contributed by atoms with Crippen LogP contribution in [0.5, 0.6) is 5.75 Å². The van der Waals surface area contributed by atoms with Gasteiger partial charge < -0.3 is 4.74 Å². The first-order valence-electron chi connectivity index (χ1n) is 11.3. The fraction of sp³-hybridized carbons (Fsp3) is 0.107. The van der Waals surface area contributed by atoms with E-state index in [-0.39, 0.29) is 5.91 Å². The van der Waals surface area contributed by atoms with Crippen molar-refractivity contribution in [3.8, 4) is 22.7 Å². The molecule has 4 aromatic rings. The van der Waals surface area contributed by atoms with E-state index in [4.69, 9.17) is 22.1 Å². The minimum atomic E-state index is -0.0889. The van der Waals surface area contributed by atoms with E-state index in [1.165, 1.54) is 11.8 Å². The van der Waals surface area contributed by atoms with Gasteiger partial charge in [-0.25, -0.2) is 4.68 Å². The Morgan fingerprint density at radius 2 is 1.66 bits per heavy atom. The van der Waals surface area contributed by atoms with E-state index in [1.807, 2.05) is 109 Å². The normalized spacial score (nSPS) is 14.7. The van der Waals surface area contributed by atoms with E-state index >= 15 is 0 Å². The second-order valence-electron chi connectivity index (χ2n) is 7.92. The first kappa shape index (κ1) is 23.1. The van der Waals surface area contributed by atoms with Crippen LogP contribution in [0.3, 0.4) is 0 Å². The molecule has 1 aromatic heterocycles. The Kier molecular flexibility index (Phi) is 6.79. The van der Waals surface area contributed by atoms with Crippen LogP contribution in [-0.2, 0) is 11.3 Å². The van der Waals surface area contributed by atoms with Gasteiger partial charge in [0.25, 0.3) is 5.91 Å². The molecule has 174 valence electrons. The van der Waals surface area contributed by atoms with Gasteiger partial charge in [0.15, 0.2) is 0 Å². The summed E-state index contributed by atoms with van der Waals surface area (Å²) in [6, 6.07) is 27.6. The number of carbonyl (C=O) groups is 1. The number of ether oxygens (including phenoxy) is 1. The van der Waals surface area contributed by atoms with Crippen molar-refractivity contribution in [2.75, 3.05) is 6.61 Å². The van der Waals surface area contributed by atoms with Crippen molar-refractivity contribution in [2.45, 2.75) is 13.5 Å². The molecule has 1 fully saturated rings. The van der Waals surface area contributed by atoms with Crippen molar-refractivity contribution in [1.82, 2.24) is 14.7 Å². The Hall–Kier alpha value is -3.68. The molecular weight excluding hydrogens is 474 g/mol. The molecule has 0 aliphatic carbocycles. The van der Waals surface area contributed by atoms with Crippen LogP contribution >= 0.6 is 24.0 Å². The number of hydrogen-bond acceptors (Lipinski definition) is 5. The predicted molar refractivity (Wildman–Crippen MR) is 145 cm³/mol. The van der Waals surface area contributed by atoms with Gasteiger partial charge in [-0.2, -0.15) is 5.10 Å². The van der Waals surface area contributed by atoms with Crippen molar-refractivity contribution in [3.05, 3.63) is 107 Å². The first-order valence-corrected chi connectivity index (χ1v) is 12.5. The highest BCUT2D eigenvalue weighted by atomic mass is 32.2. The molecule has 3 aromatic carbocycles. The summed E-state index contributed by atoms with van der Waals surface area (Å²) in [5, 5.41) is 4.86. The van der Waals surface area contributed by atoms with E-state index in [9.17, 15) is 4.79 Å². The molecule has 1 saturated heterocycles. The zero-order chi connectivity index (χ0) is 24.2. The van der Waals surface area contributed by atoms with Gasteiger partial charge in [-0.3, -0.25) is 9.69 Å². The smallest absolute Gasteiger partial charge is 0.266 e. The maximum Gasteiger partial charge on any atom is 0.266 e. The Bertz CT molecular complexity index is 1380. The summed E-state index contributed by atoms with van der Waals surface area (Å²) >= 11 is 6.88. The van der Waals surface area contributed by atoms with Gasteiger partial charge in [0.1, 0.15) is 10.1 Å². The highest BCUT2D eigenvalue weighted by molar-refractivity contribution is 8.26. The molecule has 0 spiro atoms. The van der Waals surface area contributed by atoms with Crippen molar-refractivity contribution in [1.29, 1.82) is 0 Å². The molecule has 0 atom stereocenters. The third-order valence-electron chi connectivity index (χ3n) is 5.55. The van der Waals surface area contributed by atoms with E-state index in [0.29, 0.717) is 22.4 Å². The van der Waals surface area contributed by atoms with Gasteiger partial charge in [-0.05, 0) is 55.0 Å². The summed E-state index contributed by atoms with van der Waals surface area (Å²) in [4.78, 5) is 15.5. The summed E-state index contributed by atoms with van der Waals surface area (Å²) in [5.74, 6) is 0.719.